The first-order valence-corrected chi connectivity index (χ1v) is 6.52. The van der Waals surface area contributed by atoms with Gasteiger partial charge >= 0.3 is 0 Å². The molecule has 2 aromatic rings. The monoisotopic (exact) mass is 309 g/mol. The number of hydrogen-bond donors (Lipinski definition) is 1. The average Bonchev–Trinajstić information content (AvgIpc) is 2.96. The van der Waals surface area contributed by atoms with Gasteiger partial charge in [0.05, 0.1) is 11.1 Å². The van der Waals surface area contributed by atoms with Crippen molar-refractivity contribution in [3.63, 3.8) is 0 Å². The molecule has 1 aromatic carbocycles. The maximum Gasteiger partial charge on any atom is 0.287 e. The molecule has 0 aliphatic rings. The quantitative estimate of drug-likeness (QED) is 0.496. The second-order valence-corrected chi connectivity index (χ2v) is 4.61. The van der Waals surface area contributed by atoms with Crippen LogP contribution in [-0.4, -0.2) is 32.4 Å². The van der Waals surface area contributed by atoms with E-state index in [1.54, 1.807) is 17.1 Å². The zero-order valence-electron chi connectivity index (χ0n) is 10.9. The molecule has 0 spiro atoms. The molecule has 1 amide bonds. The number of nitrogens with one attached hydrogen (secondary N) is 1. The summed E-state index contributed by atoms with van der Waals surface area (Å²) in [6.45, 7) is 1.09. The number of carbonyl (C=O) groups is 1. The molecule has 21 heavy (non-hydrogen) atoms. The highest BCUT2D eigenvalue weighted by Crippen LogP contribution is 2.24. The number of aryl methyl sites for hydroxylation is 1. The van der Waals surface area contributed by atoms with Crippen molar-refractivity contribution in [2.45, 2.75) is 13.0 Å². The molecule has 0 aliphatic carbocycles. The van der Waals surface area contributed by atoms with Gasteiger partial charge in [-0.2, -0.15) is 0 Å². The highest BCUT2D eigenvalue weighted by atomic mass is 35.5. The molecule has 0 saturated carbocycles. The number of halogens is 1. The van der Waals surface area contributed by atoms with Crippen LogP contribution in [0.4, 0.5) is 5.69 Å². The van der Waals surface area contributed by atoms with Gasteiger partial charge in [0.2, 0.25) is 0 Å². The fourth-order valence-electron chi connectivity index (χ4n) is 1.69. The number of hydrogen-bond acceptors (Lipinski definition) is 5. The third kappa shape index (κ3) is 3.99. The van der Waals surface area contributed by atoms with Gasteiger partial charge in [-0.1, -0.05) is 16.8 Å². The van der Waals surface area contributed by atoms with E-state index < -0.39 is 4.92 Å². The number of benzene rings is 1. The summed E-state index contributed by atoms with van der Waals surface area (Å²) in [5.41, 5.74) is 0.0609. The van der Waals surface area contributed by atoms with Gasteiger partial charge < -0.3 is 5.32 Å². The summed E-state index contributed by atoms with van der Waals surface area (Å²) in [4.78, 5) is 21.9. The first-order chi connectivity index (χ1) is 10.1. The summed E-state index contributed by atoms with van der Waals surface area (Å²) in [7, 11) is 0. The summed E-state index contributed by atoms with van der Waals surface area (Å²) in [5, 5.41) is 20.8. The number of nitro groups is 1. The Bertz CT molecular complexity index is 644. The summed E-state index contributed by atoms with van der Waals surface area (Å²) >= 11 is 5.76. The highest BCUT2D eigenvalue weighted by molar-refractivity contribution is 6.33. The maximum absolute atomic E-state index is 11.9. The van der Waals surface area contributed by atoms with Crippen LogP contribution >= 0.6 is 11.6 Å². The Morgan fingerprint density at radius 3 is 2.90 bits per heavy atom. The number of nitrogens with zero attached hydrogens (tertiary/aromatic N) is 4. The van der Waals surface area contributed by atoms with Crippen molar-refractivity contribution < 1.29 is 9.72 Å². The molecule has 0 aliphatic heterocycles. The van der Waals surface area contributed by atoms with Gasteiger partial charge in [-0.3, -0.25) is 19.6 Å². The third-order valence-electron chi connectivity index (χ3n) is 2.73. The van der Waals surface area contributed by atoms with E-state index in [4.69, 9.17) is 11.6 Å². The van der Waals surface area contributed by atoms with Crippen molar-refractivity contribution in [1.29, 1.82) is 0 Å². The van der Waals surface area contributed by atoms with E-state index >= 15 is 0 Å². The number of carbonyl (C=O) groups excluding carboxylic acids is 1. The van der Waals surface area contributed by atoms with E-state index in [1.165, 1.54) is 18.2 Å². The third-order valence-corrected chi connectivity index (χ3v) is 3.03. The van der Waals surface area contributed by atoms with Gasteiger partial charge in [0.1, 0.15) is 5.02 Å². The molecule has 110 valence electrons. The first-order valence-electron chi connectivity index (χ1n) is 6.14. The first kappa shape index (κ1) is 14.9. The maximum atomic E-state index is 11.9. The fraction of sp³-hybridized carbons (Fsp3) is 0.250. The molecule has 2 rings (SSSR count). The van der Waals surface area contributed by atoms with E-state index in [2.05, 4.69) is 15.6 Å². The molecular weight excluding hydrogens is 298 g/mol. The second kappa shape index (κ2) is 6.80. The van der Waals surface area contributed by atoms with Gasteiger partial charge in [-0.05, 0) is 18.6 Å². The molecular formula is C12H12ClN5O3. The smallest absolute Gasteiger partial charge is 0.287 e. The lowest BCUT2D eigenvalue weighted by atomic mass is 10.2. The van der Waals surface area contributed by atoms with E-state index in [1.807, 2.05) is 0 Å². The molecule has 0 bridgehead atoms. The number of rotatable bonds is 6. The number of aromatic nitrogens is 3. The SMILES string of the molecule is O=C(NCCCn1ccnn1)c1ccc([N+](=O)[O-])c(Cl)c1. The molecule has 0 saturated heterocycles. The Balaban J connectivity index is 1.85. The van der Waals surface area contributed by atoms with E-state index in [0.717, 1.165) is 0 Å². The van der Waals surface area contributed by atoms with Crippen LogP contribution in [0.1, 0.15) is 16.8 Å². The standard InChI is InChI=1S/C12H12ClN5O3/c13-10-8-9(2-3-11(10)18(20)21)12(19)14-4-1-6-17-7-5-15-16-17/h2-3,5,7-8H,1,4,6H2,(H,14,19). The van der Waals surface area contributed by atoms with Crippen molar-refractivity contribution in [3.05, 3.63) is 51.3 Å². The van der Waals surface area contributed by atoms with Crippen LogP contribution in [0.25, 0.3) is 0 Å². The number of nitro benzene ring substituents is 1. The molecule has 0 fully saturated rings. The molecule has 1 N–H and O–H groups in total. The van der Waals surface area contributed by atoms with Crippen LogP contribution < -0.4 is 5.32 Å². The van der Waals surface area contributed by atoms with Crippen LogP contribution in [0.3, 0.4) is 0 Å². The fourth-order valence-corrected chi connectivity index (χ4v) is 1.94. The second-order valence-electron chi connectivity index (χ2n) is 4.20. The lowest BCUT2D eigenvalue weighted by Crippen LogP contribution is -2.25. The molecule has 1 heterocycles. The van der Waals surface area contributed by atoms with E-state index in [9.17, 15) is 14.9 Å². The van der Waals surface area contributed by atoms with Crippen molar-refractivity contribution in [2.75, 3.05) is 6.54 Å². The van der Waals surface area contributed by atoms with Crippen LogP contribution in [-0.2, 0) is 6.54 Å². The van der Waals surface area contributed by atoms with Crippen LogP contribution in [0.2, 0.25) is 5.02 Å². The molecule has 1 aromatic heterocycles. The normalized spacial score (nSPS) is 10.3. The van der Waals surface area contributed by atoms with Crippen molar-refractivity contribution >= 4 is 23.2 Å². The Hall–Kier alpha value is -2.48. The average molecular weight is 310 g/mol. The largest absolute Gasteiger partial charge is 0.352 e. The predicted molar refractivity (Wildman–Crippen MR) is 75.1 cm³/mol. The Morgan fingerprint density at radius 1 is 1.48 bits per heavy atom. The van der Waals surface area contributed by atoms with Crippen molar-refractivity contribution in [3.8, 4) is 0 Å². The Labute approximate surface area is 124 Å². The van der Waals surface area contributed by atoms with E-state index in [-0.39, 0.29) is 22.2 Å². The van der Waals surface area contributed by atoms with Crippen LogP contribution in [0.5, 0.6) is 0 Å². The van der Waals surface area contributed by atoms with E-state index in [0.29, 0.717) is 19.5 Å². The molecule has 0 unspecified atom stereocenters. The Kier molecular flexibility index (Phi) is 4.83. The minimum Gasteiger partial charge on any atom is -0.352 e. The van der Waals surface area contributed by atoms with Crippen molar-refractivity contribution in [1.82, 2.24) is 20.3 Å². The minimum absolute atomic E-state index is 0.0599. The molecule has 0 radical (unpaired) electrons. The van der Waals surface area contributed by atoms with Crippen LogP contribution in [0, 0.1) is 10.1 Å². The summed E-state index contributed by atoms with van der Waals surface area (Å²) < 4.78 is 1.66. The predicted octanol–water partition coefficient (Wildman–Crippen LogP) is 1.66. The lowest BCUT2D eigenvalue weighted by Gasteiger charge is -2.05. The minimum atomic E-state index is -0.595. The van der Waals surface area contributed by atoms with Gasteiger partial charge in [-0.15, -0.1) is 5.10 Å². The van der Waals surface area contributed by atoms with Gasteiger partial charge in [0.25, 0.3) is 11.6 Å². The zero-order valence-corrected chi connectivity index (χ0v) is 11.7. The Morgan fingerprint density at radius 2 is 2.29 bits per heavy atom. The number of amides is 1. The highest BCUT2D eigenvalue weighted by Gasteiger charge is 2.14. The summed E-state index contributed by atoms with van der Waals surface area (Å²) in [5.74, 6) is -0.328. The van der Waals surface area contributed by atoms with Crippen LogP contribution in [0.15, 0.2) is 30.6 Å². The van der Waals surface area contributed by atoms with Gasteiger partial charge in [0, 0.05) is 30.9 Å². The molecule has 9 heteroatoms. The molecule has 0 atom stereocenters. The lowest BCUT2D eigenvalue weighted by molar-refractivity contribution is -0.384. The molecule has 8 nitrogen and oxygen atoms in total. The summed E-state index contributed by atoms with van der Waals surface area (Å²) in [6, 6.07) is 3.87. The summed E-state index contributed by atoms with van der Waals surface area (Å²) in [6.07, 6.45) is 4.01. The van der Waals surface area contributed by atoms with Crippen molar-refractivity contribution in [2.24, 2.45) is 0 Å². The zero-order chi connectivity index (χ0) is 15.2. The topological polar surface area (TPSA) is 103 Å². The van der Waals surface area contributed by atoms with Gasteiger partial charge in [-0.25, -0.2) is 0 Å². The van der Waals surface area contributed by atoms with Gasteiger partial charge in [0.15, 0.2) is 0 Å².